The Kier molecular flexibility index (Phi) is 15.9. The van der Waals surface area contributed by atoms with Gasteiger partial charge in [-0.15, -0.1) is 14.0 Å². The van der Waals surface area contributed by atoms with E-state index in [9.17, 15) is 0 Å². The number of aromatic nitrogens is 17. The lowest BCUT2D eigenvalue weighted by Crippen LogP contribution is -2.77. The molecule has 12 aromatic carbocycles. The third-order valence-corrected chi connectivity index (χ3v) is 33.9. The highest BCUT2D eigenvalue weighted by Crippen LogP contribution is 2.62. The largest absolute Gasteiger partial charge is 0.456 e. The number of nitrogens with zero attached hydrogens (tertiary/aromatic N) is 17. The Labute approximate surface area is 853 Å². The third-order valence-electron chi connectivity index (χ3n) is 33.9. The van der Waals surface area contributed by atoms with Crippen LogP contribution in [0.1, 0.15) is 90.1 Å². The average Bonchev–Trinajstić information content (AvgIpc) is 1.48. The van der Waals surface area contributed by atoms with Gasteiger partial charge in [-0.1, -0.05) is 135 Å². The maximum absolute atomic E-state index is 6.91. The zero-order valence-electron chi connectivity index (χ0n) is 83.0. The number of pyridine rings is 7. The van der Waals surface area contributed by atoms with Gasteiger partial charge < -0.3 is 18.8 Å². The molecule has 14 aromatic heterocycles. The Morgan fingerprint density at radius 1 is 0.255 bits per heavy atom. The summed E-state index contributed by atoms with van der Waals surface area (Å²) in [5.74, 6) is 8.69. The van der Waals surface area contributed by atoms with Gasteiger partial charge in [0.1, 0.15) is 84.8 Å². The van der Waals surface area contributed by atoms with Crippen molar-refractivity contribution in [3.63, 3.8) is 0 Å². The second-order valence-electron chi connectivity index (χ2n) is 41.1. The molecule has 0 amide bonds. The van der Waals surface area contributed by atoms with Gasteiger partial charge >= 0.3 is 17.0 Å². The van der Waals surface area contributed by atoms with Crippen LogP contribution in [0.15, 0.2) is 371 Å². The SMILES string of the molecule is Cc1c(-c2ccc3c4ccccc4n(-c4ccccc4)c3c2)c(C)[n+]2n1-c1cccc3c1C21c2c(ccc4c5ccccc5n(c24)-c2cccc[n+]21)O3.Cc1cc(-c2cccnc2)nc(C)c1-c1c(C)n2[n+](c1C)C13c4c(cccc4-2)Oc2ccc4c5ccccc5n(c4c21)-c1cccc[n+]13.Cc1cc(-c2ccncc2)nc(C)c1-c1c(C)n2[n+](c1C)C13c4c(cccc4-2)Oc2ccc4c5ccccc5n(c4c21)-c1cccc[n+]13. The van der Waals surface area contributed by atoms with Crippen molar-refractivity contribution in [3.05, 3.63) is 461 Å². The van der Waals surface area contributed by atoms with Gasteiger partial charge in [0.25, 0.3) is 17.5 Å². The maximum Gasteiger partial charge on any atom is 0.397 e. The Balaban J connectivity index is 0.0000000972. The van der Waals surface area contributed by atoms with Gasteiger partial charge in [0.05, 0.1) is 74.8 Å². The fourth-order valence-corrected chi connectivity index (χ4v) is 28.8. The molecule has 23 heterocycles. The molecule has 0 radical (unpaired) electrons. The third kappa shape index (κ3) is 9.82. The van der Waals surface area contributed by atoms with Gasteiger partial charge in [0, 0.05) is 146 Å². The van der Waals surface area contributed by atoms with Crippen LogP contribution >= 0.6 is 0 Å². The molecule has 35 rings (SSSR count). The highest BCUT2D eigenvalue weighted by molar-refractivity contribution is 6.15. The first kappa shape index (κ1) is 82.4. The molecular formula is C129H91N17O3+6. The van der Waals surface area contributed by atoms with E-state index in [4.69, 9.17) is 24.2 Å². The minimum Gasteiger partial charge on any atom is -0.456 e. The number of aryl methyl sites for hydroxylation is 4. The molecule has 3 atom stereocenters. The summed E-state index contributed by atoms with van der Waals surface area (Å²) < 4.78 is 52.7. The highest BCUT2D eigenvalue weighted by Gasteiger charge is 2.74. The Morgan fingerprint density at radius 2 is 0.617 bits per heavy atom. The second kappa shape index (κ2) is 28.7. The molecule has 149 heavy (non-hydrogen) atoms. The number of hydrogen-bond acceptors (Lipinski definition) is 7. The van der Waals surface area contributed by atoms with Gasteiger partial charge in [0.15, 0.2) is 33.2 Å². The molecular weight excluding hydrogens is 1840 g/mol. The van der Waals surface area contributed by atoms with Crippen LogP contribution in [0.3, 0.4) is 0 Å². The molecule has 0 bridgehead atoms. The fourth-order valence-electron chi connectivity index (χ4n) is 28.8. The molecule has 0 aliphatic carbocycles. The summed E-state index contributed by atoms with van der Waals surface area (Å²) in [7, 11) is 0. The van der Waals surface area contributed by atoms with E-state index in [0.29, 0.717) is 0 Å². The molecule has 704 valence electrons. The van der Waals surface area contributed by atoms with Gasteiger partial charge in [-0.3, -0.25) is 19.9 Å². The molecule has 0 fully saturated rings. The first-order valence-electron chi connectivity index (χ1n) is 51.2. The van der Waals surface area contributed by atoms with E-state index in [1.165, 1.54) is 177 Å². The second-order valence-corrected chi connectivity index (χ2v) is 41.1. The van der Waals surface area contributed by atoms with Crippen molar-refractivity contribution in [2.45, 2.75) is 86.2 Å². The lowest BCUT2D eigenvalue weighted by molar-refractivity contribution is -0.996. The molecule has 0 N–H and O–H groups in total. The zero-order chi connectivity index (χ0) is 98.8. The van der Waals surface area contributed by atoms with Crippen molar-refractivity contribution in [3.8, 4) is 131 Å². The predicted octanol–water partition coefficient (Wildman–Crippen LogP) is 24.6. The first-order valence-corrected chi connectivity index (χ1v) is 51.2. The quantitative estimate of drug-likeness (QED) is 0.151. The van der Waals surface area contributed by atoms with Crippen LogP contribution < -0.4 is 42.0 Å². The molecule has 0 saturated carbocycles. The maximum atomic E-state index is 6.91. The van der Waals surface area contributed by atoms with Gasteiger partial charge in [-0.25, -0.2) is 0 Å². The summed E-state index contributed by atoms with van der Waals surface area (Å²) in [4.78, 5) is 18.9. The molecule has 9 aliphatic heterocycles. The van der Waals surface area contributed by atoms with Crippen LogP contribution in [0.4, 0.5) is 0 Å². The number of benzene rings is 12. The molecule has 9 aliphatic rings. The molecule has 3 unspecified atom stereocenters. The Hall–Kier alpha value is -19.1. The summed E-state index contributed by atoms with van der Waals surface area (Å²) in [6.45, 7) is 22.3. The van der Waals surface area contributed by atoms with E-state index in [-0.39, 0.29) is 0 Å². The summed E-state index contributed by atoms with van der Waals surface area (Å²) in [6, 6.07) is 118. The summed E-state index contributed by atoms with van der Waals surface area (Å²) >= 11 is 0. The zero-order valence-corrected chi connectivity index (χ0v) is 83.0. The monoisotopic (exact) mass is 1930 g/mol. The van der Waals surface area contributed by atoms with Crippen molar-refractivity contribution in [1.82, 2.24) is 52.2 Å². The summed E-state index contributed by atoms with van der Waals surface area (Å²) in [5.41, 5.74) is 41.6. The van der Waals surface area contributed by atoms with Crippen molar-refractivity contribution < 1.29 is 42.0 Å². The smallest absolute Gasteiger partial charge is 0.397 e. The van der Waals surface area contributed by atoms with Crippen molar-refractivity contribution in [2.75, 3.05) is 0 Å². The number of para-hydroxylation sites is 5. The molecule has 3 spiro atoms. The molecule has 20 nitrogen and oxygen atoms in total. The normalized spacial score (nSPS) is 16.1. The first-order chi connectivity index (χ1) is 73.2. The standard InChI is InChI=1S/C47H31N5O.2C41H30N6O/c1-28-43(30-22-23-34-32-15-6-8-17-36(32)49(39(34)27-30)31-13-4-3-5-14-31)29(2)52-47-44-38(51(28)52)19-12-20-40(44)53-41-25-24-35-33-16-7-9-18-37(33)50(46(35)45(41)47)42-21-10-11-26-48(42)47;1-23-21-30(27-11-10-19-42-22-27)43-24(2)36(23)37-25(3)46-32-14-9-15-33-38(32)41(47(46)26(37)4)39-34(48-33)18-17-29-28-12-5-6-13-31(28)45(40(29)39)35-16-7-8-20-44(35)41;1-23-22-30(27-17-19-42-20-18-27)43-24(2)36(23)37-25(3)46-32-12-9-13-33-38(32)41(47(46)26(37)4)39-34(48-33)16-15-29-28-10-5-6-11-31(28)45(40(29)39)35-14-7-8-21-44(35)41/h3-27H,1-2H3;2*5-22H,1-4H3/q3*+2. The molecule has 20 heteroatoms. The van der Waals surface area contributed by atoms with E-state index >= 15 is 0 Å². The van der Waals surface area contributed by atoms with Crippen molar-refractivity contribution in [2.24, 2.45) is 0 Å². The van der Waals surface area contributed by atoms with Crippen LogP contribution in [-0.2, 0) is 17.0 Å². The van der Waals surface area contributed by atoms with Crippen molar-refractivity contribution in [1.29, 1.82) is 0 Å². The van der Waals surface area contributed by atoms with Crippen LogP contribution in [0.5, 0.6) is 34.5 Å². The van der Waals surface area contributed by atoms with E-state index < -0.39 is 17.0 Å². The topological polar surface area (TPSA) is 137 Å². The average molecular weight is 1930 g/mol. The minimum absolute atomic E-state index is 0.723. The van der Waals surface area contributed by atoms with Crippen LogP contribution in [0.25, 0.3) is 183 Å². The summed E-state index contributed by atoms with van der Waals surface area (Å²) in [5, 5.41) is 9.91. The van der Waals surface area contributed by atoms with Gasteiger partial charge in [-0.05, 0) is 253 Å². The predicted molar refractivity (Wildman–Crippen MR) is 576 cm³/mol. The molecule has 26 aromatic rings. The van der Waals surface area contributed by atoms with Crippen LogP contribution in [0, 0.1) is 69.2 Å². The van der Waals surface area contributed by atoms with Gasteiger partial charge in [-0.2, -0.15) is 27.4 Å². The van der Waals surface area contributed by atoms with E-state index in [1.54, 1.807) is 6.20 Å². The van der Waals surface area contributed by atoms with E-state index in [0.717, 1.165) is 131 Å². The Morgan fingerprint density at radius 3 is 1.03 bits per heavy atom. The lowest BCUT2D eigenvalue weighted by Gasteiger charge is -2.33. The number of rotatable bonds is 6. The van der Waals surface area contributed by atoms with Crippen molar-refractivity contribution >= 4 is 87.2 Å². The highest BCUT2D eigenvalue weighted by atomic mass is 16.5. The van der Waals surface area contributed by atoms with E-state index in [1.807, 2.05) is 36.8 Å². The lowest BCUT2D eigenvalue weighted by atomic mass is 9.83. The number of hydrogen-bond donors (Lipinski definition) is 0. The number of fused-ring (bicyclic) bond motifs is 24. The van der Waals surface area contributed by atoms with Crippen LogP contribution in [-0.4, -0.2) is 52.2 Å². The fraction of sp³-hybridized carbons (Fsp3) is 0.101. The molecule has 0 saturated heterocycles. The Bertz CT molecular complexity index is 10300. The number of ether oxygens (including phenoxy) is 3. The van der Waals surface area contributed by atoms with E-state index in [2.05, 4.69) is 467 Å². The van der Waals surface area contributed by atoms with Crippen LogP contribution in [0.2, 0.25) is 0 Å². The minimum atomic E-state index is -0.726. The summed E-state index contributed by atoms with van der Waals surface area (Å²) in [6.07, 6.45) is 14.1. The van der Waals surface area contributed by atoms with Gasteiger partial charge in [0.2, 0.25) is 17.1 Å².